The third kappa shape index (κ3) is 4.98. The van der Waals surface area contributed by atoms with E-state index in [2.05, 4.69) is 161 Å². The first-order chi connectivity index (χ1) is 28.3. The van der Waals surface area contributed by atoms with Gasteiger partial charge in [0.05, 0.1) is 27.8 Å². The maximum atomic E-state index is 5.09. The number of aromatic nitrogens is 5. The first kappa shape index (κ1) is 31.9. The normalized spacial score (nSPS) is 11.9. The van der Waals surface area contributed by atoms with E-state index in [1.807, 2.05) is 47.7 Å². The molecule has 6 heteroatoms. The molecule has 0 aliphatic heterocycles. The van der Waals surface area contributed by atoms with Gasteiger partial charge in [-0.05, 0) is 66.7 Å². The maximum Gasteiger partial charge on any atom is 0.164 e. The summed E-state index contributed by atoms with van der Waals surface area (Å²) in [7, 11) is 0. The fraction of sp³-hybridized carbons (Fsp3) is 0. The van der Waals surface area contributed by atoms with Crippen LogP contribution in [0.25, 0.3) is 109 Å². The van der Waals surface area contributed by atoms with Gasteiger partial charge in [-0.1, -0.05) is 121 Å². The van der Waals surface area contributed by atoms with Crippen LogP contribution in [0.1, 0.15) is 0 Å². The Labute approximate surface area is 331 Å². The molecule has 0 amide bonds. The largest absolute Gasteiger partial charge is 0.309 e. The van der Waals surface area contributed by atoms with E-state index in [-0.39, 0.29) is 0 Å². The zero-order valence-corrected chi connectivity index (χ0v) is 31.4. The minimum absolute atomic E-state index is 0.640. The second kappa shape index (κ2) is 12.6. The first-order valence-corrected chi connectivity index (χ1v) is 19.9. The molecule has 57 heavy (non-hydrogen) atoms. The number of fused-ring (bicyclic) bond motifs is 9. The van der Waals surface area contributed by atoms with Crippen molar-refractivity contribution in [2.75, 3.05) is 0 Å². The second-order valence-electron chi connectivity index (χ2n) is 14.4. The van der Waals surface area contributed by atoms with E-state index in [9.17, 15) is 0 Å². The van der Waals surface area contributed by atoms with Crippen LogP contribution in [0.3, 0.4) is 0 Å². The van der Waals surface area contributed by atoms with Gasteiger partial charge in [0.15, 0.2) is 17.5 Å². The molecule has 12 rings (SSSR count). The Morgan fingerprint density at radius 1 is 0.333 bits per heavy atom. The van der Waals surface area contributed by atoms with Gasteiger partial charge in [-0.3, -0.25) is 0 Å². The Morgan fingerprint density at radius 3 is 1.53 bits per heavy atom. The van der Waals surface area contributed by atoms with E-state index in [1.165, 1.54) is 53.1 Å². The highest BCUT2D eigenvalue weighted by atomic mass is 32.1. The lowest BCUT2D eigenvalue weighted by atomic mass is 10.0. The summed E-state index contributed by atoms with van der Waals surface area (Å²) in [5, 5.41) is 7.35. The topological polar surface area (TPSA) is 48.5 Å². The van der Waals surface area contributed by atoms with Crippen LogP contribution < -0.4 is 0 Å². The number of rotatable bonds is 5. The molecular weight excluding hydrogens is 715 g/mol. The summed E-state index contributed by atoms with van der Waals surface area (Å²) < 4.78 is 7.36. The molecule has 0 atom stereocenters. The minimum Gasteiger partial charge on any atom is -0.309 e. The van der Waals surface area contributed by atoms with E-state index >= 15 is 0 Å². The zero-order valence-electron chi connectivity index (χ0n) is 30.5. The quantitative estimate of drug-likeness (QED) is 0.176. The molecule has 0 bridgehead atoms. The van der Waals surface area contributed by atoms with E-state index < -0.39 is 0 Å². The van der Waals surface area contributed by atoms with Crippen LogP contribution in [0.4, 0.5) is 0 Å². The average molecular weight is 746 g/mol. The average Bonchev–Trinajstić information content (AvgIpc) is 3.93. The van der Waals surface area contributed by atoms with Gasteiger partial charge >= 0.3 is 0 Å². The van der Waals surface area contributed by atoms with Crippen LogP contribution >= 0.6 is 11.3 Å². The van der Waals surface area contributed by atoms with Crippen LogP contribution in [0, 0.1) is 0 Å². The van der Waals surface area contributed by atoms with Gasteiger partial charge in [0.25, 0.3) is 0 Å². The van der Waals surface area contributed by atoms with Gasteiger partial charge in [0, 0.05) is 64.1 Å². The highest BCUT2D eigenvalue weighted by Gasteiger charge is 2.21. The number of para-hydroxylation sites is 3. The third-order valence-electron chi connectivity index (χ3n) is 11.2. The standard InChI is InChI=1S/C51H31N5S/c1-4-15-32(16-5-1)49-52-50(33-17-6-2-7-18-33)54-51(53-49)34-27-28-43-38(29-34)39-30-40-47(31-45(39)55(43)35-19-8-3-9-20-35)57-46-26-14-25-44(48(40)46)56-41-23-12-10-21-36(41)37-22-11-13-24-42(37)56/h1-31H. The summed E-state index contributed by atoms with van der Waals surface area (Å²) >= 11 is 1.86. The summed E-state index contributed by atoms with van der Waals surface area (Å²) in [5.74, 6) is 1.94. The molecule has 4 heterocycles. The van der Waals surface area contributed by atoms with Crippen molar-refractivity contribution < 1.29 is 0 Å². The van der Waals surface area contributed by atoms with Crippen molar-refractivity contribution in [3.63, 3.8) is 0 Å². The molecule has 0 fully saturated rings. The van der Waals surface area contributed by atoms with Crippen molar-refractivity contribution in [2.45, 2.75) is 0 Å². The van der Waals surface area contributed by atoms with Crippen LogP contribution in [0.5, 0.6) is 0 Å². The van der Waals surface area contributed by atoms with E-state index in [0.29, 0.717) is 17.5 Å². The van der Waals surface area contributed by atoms with Gasteiger partial charge in [-0.2, -0.15) is 0 Å². The van der Waals surface area contributed by atoms with Crippen molar-refractivity contribution in [1.82, 2.24) is 24.1 Å². The molecule has 266 valence electrons. The molecule has 0 N–H and O–H groups in total. The van der Waals surface area contributed by atoms with Gasteiger partial charge < -0.3 is 9.13 Å². The molecule has 8 aromatic carbocycles. The van der Waals surface area contributed by atoms with Gasteiger partial charge in [0.1, 0.15) is 0 Å². The Kier molecular flexibility index (Phi) is 7.03. The lowest BCUT2D eigenvalue weighted by Gasteiger charge is -2.10. The van der Waals surface area contributed by atoms with Crippen molar-refractivity contribution in [2.24, 2.45) is 0 Å². The summed E-state index contributed by atoms with van der Waals surface area (Å²) in [6.45, 7) is 0. The fourth-order valence-corrected chi connectivity index (χ4v) is 9.76. The maximum absolute atomic E-state index is 5.09. The molecule has 0 radical (unpaired) electrons. The summed E-state index contributed by atoms with van der Waals surface area (Å²) in [6.07, 6.45) is 0. The van der Waals surface area contributed by atoms with Crippen LogP contribution in [-0.2, 0) is 0 Å². The molecule has 5 nitrogen and oxygen atoms in total. The Hall–Kier alpha value is -7.41. The van der Waals surface area contributed by atoms with Gasteiger partial charge in [0.2, 0.25) is 0 Å². The van der Waals surface area contributed by atoms with Crippen LogP contribution in [-0.4, -0.2) is 24.1 Å². The minimum atomic E-state index is 0.640. The lowest BCUT2D eigenvalue weighted by molar-refractivity contribution is 1.07. The van der Waals surface area contributed by atoms with Gasteiger partial charge in [-0.25, -0.2) is 15.0 Å². The van der Waals surface area contributed by atoms with Crippen molar-refractivity contribution in [1.29, 1.82) is 0 Å². The molecule has 0 aliphatic rings. The highest BCUT2D eigenvalue weighted by Crippen LogP contribution is 2.45. The predicted octanol–water partition coefficient (Wildman–Crippen LogP) is 13.4. The Balaban J connectivity index is 1.14. The Morgan fingerprint density at radius 2 is 0.877 bits per heavy atom. The number of thiophene rings is 1. The molecule has 12 aromatic rings. The highest BCUT2D eigenvalue weighted by molar-refractivity contribution is 7.26. The molecule has 0 aliphatic carbocycles. The monoisotopic (exact) mass is 745 g/mol. The van der Waals surface area contributed by atoms with E-state index in [4.69, 9.17) is 15.0 Å². The summed E-state index contributed by atoms with van der Waals surface area (Å²) in [6, 6.07) is 66.7. The lowest BCUT2D eigenvalue weighted by Crippen LogP contribution is -2.00. The van der Waals surface area contributed by atoms with Crippen LogP contribution in [0.15, 0.2) is 188 Å². The van der Waals surface area contributed by atoms with Gasteiger partial charge in [-0.15, -0.1) is 11.3 Å². The zero-order chi connectivity index (χ0) is 37.5. The molecule has 0 saturated carbocycles. The van der Waals surface area contributed by atoms with Crippen LogP contribution in [0.2, 0.25) is 0 Å². The summed E-state index contributed by atoms with van der Waals surface area (Å²) in [4.78, 5) is 15.1. The smallest absolute Gasteiger partial charge is 0.164 e. The van der Waals surface area contributed by atoms with Crippen molar-refractivity contribution in [3.05, 3.63) is 188 Å². The van der Waals surface area contributed by atoms with Crippen molar-refractivity contribution >= 4 is 75.1 Å². The molecule has 0 spiro atoms. The second-order valence-corrected chi connectivity index (χ2v) is 15.5. The number of benzene rings is 8. The fourth-order valence-electron chi connectivity index (χ4n) is 8.62. The van der Waals surface area contributed by atoms with E-state index in [0.717, 1.165) is 38.8 Å². The predicted molar refractivity (Wildman–Crippen MR) is 238 cm³/mol. The molecule has 0 unspecified atom stereocenters. The Bertz CT molecular complexity index is 3400. The number of hydrogen-bond acceptors (Lipinski definition) is 4. The first-order valence-electron chi connectivity index (χ1n) is 19.1. The molecular formula is C51H31N5S. The third-order valence-corrected chi connectivity index (χ3v) is 12.3. The molecule has 0 saturated heterocycles. The summed E-state index contributed by atoms with van der Waals surface area (Å²) in [5.41, 5.74) is 9.86. The SMILES string of the molecule is c1ccc(-c2nc(-c3ccccc3)nc(-c3ccc4c(c3)c3cc5c(cc3n4-c3ccccc3)sc3cccc(-n4c6ccccc6c6ccccc64)c35)n2)cc1. The number of hydrogen-bond donors (Lipinski definition) is 0. The number of nitrogens with zero attached hydrogens (tertiary/aromatic N) is 5. The van der Waals surface area contributed by atoms with E-state index in [1.54, 1.807) is 0 Å². The molecule has 4 aromatic heterocycles. The van der Waals surface area contributed by atoms with Crippen molar-refractivity contribution in [3.8, 4) is 45.5 Å².